The maximum atomic E-state index is 13.6. The van der Waals surface area contributed by atoms with Crippen LogP contribution in [0.15, 0.2) is 66.9 Å². The summed E-state index contributed by atoms with van der Waals surface area (Å²) >= 11 is 0. The summed E-state index contributed by atoms with van der Waals surface area (Å²) in [4.78, 5) is 30.9. The highest BCUT2D eigenvalue weighted by Crippen LogP contribution is 2.39. The van der Waals surface area contributed by atoms with Crippen LogP contribution in [0.5, 0.6) is 0 Å². The van der Waals surface area contributed by atoms with Gasteiger partial charge in [-0.25, -0.2) is 0 Å². The van der Waals surface area contributed by atoms with Gasteiger partial charge < -0.3 is 10.1 Å². The molecule has 1 unspecified atom stereocenters. The van der Waals surface area contributed by atoms with Crippen molar-refractivity contribution in [2.45, 2.75) is 64.4 Å². The molecule has 1 heterocycles. The van der Waals surface area contributed by atoms with E-state index in [-0.39, 0.29) is 29.6 Å². The Kier molecular flexibility index (Phi) is 7.30. The summed E-state index contributed by atoms with van der Waals surface area (Å²) < 4.78 is 5.68. The molecule has 5 nitrogen and oxygen atoms in total. The number of nitrogens with zero attached hydrogens (tertiary/aromatic N) is 1. The summed E-state index contributed by atoms with van der Waals surface area (Å²) in [6.07, 6.45) is 5.50. The lowest BCUT2D eigenvalue weighted by atomic mass is 9.75. The molecule has 0 spiro atoms. The smallest absolute Gasteiger partial charge is 0.309 e. The third kappa shape index (κ3) is 5.82. The number of aromatic nitrogens is 1. The van der Waals surface area contributed by atoms with Gasteiger partial charge in [0.05, 0.1) is 17.1 Å². The molecule has 178 valence electrons. The number of rotatable bonds is 4. The van der Waals surface area contributed by atoms with Crippen LogP contribution < -0.4 is 5.32 Å². The number of nitrogens with one attached hydrogen (secondary N) is 1. The molecule has 1 saturated carbocycles. The Morgan fingerprint density at radius 2 is 1.68 bits per heavy atom. The first-order valence-electron chi connectivity index (χ1n) is 12.2. The number of carbonyl (C=O) groups is 2. The highest BCUT2D eigenvalue weighted by Gasteiger charge is 2.34. The summed E-state index contributed by atoms with van der Waals surface area (Å²) in [5.74, 6) is -0.376. The van der Waals surface area contributed by atoms with Crippen molar-refractivity contribution >= 4 is 28.5 Å². The minimum absolute atomic E-state index is 0.0164. The van der Waals surface area contributed by atoms with Crippen LogP contribution in [0.3, 0.4) is 0 Å². The third-order valence-corrected chi connectivity index (χ3v) is 6.57. The molecule has 0 saturated heterocycles. The summed E-state index contributed by atoms with van der Waals surface area (Å²) in [5, 5.41) is 4.17. The molecule has 0 bridgehead atoms. The second-order valence-corrected chi connectivity index (χ2v) is 10.2. The number of anilines is 1. The normalized spacial score (nSPS) is 21.3. The van der Waals surface area contributed by atoms with Gasteiger partial charge in [-0.05, 0) is 70.1 Å². The van der Waals surface area contributed by atoms with Gasteiger partial charge in [0.2, 0.25) is 5.91 Å². The molecule has 1 amide bonds. The van der Waals surface area contributed by atoms with E-state index in [9.17, 15) is 9.59 Å². The molecular formula is C29H34N2O3. The lowest BCUT2D eigenvalue weighted by molar-refractivity contribution is -0.160. The fraction of sp³-hybridized carbons (Fsp3) is 0.414. The number of para-hydroxylation sites is 1. The molecule has 1 fully saturated rings. The Labute approximate surface area is 201 Å². The molecule has 5 heteroatoms. The highest BCUT2D eigenvalue weighted by atomic mass is 16.6. The minimum Gasteiger partial charge on any atom is -0.460 e. The average Bonchev–Trinajstić information content (AvgIpc) is 2.79. The van der Waals surface area contributed by atoms with E-state index in [2.05, 4.69) is 22.4 Å². The number of pyridine rings is 1. The molecule has 34 heavy (non-hydrogen) atoms. The molecular weight excluding hydrogens is 424 g/mol. The number of hydrogen-bond donors (Lipinski definition) is 1. The fourth-order valence-electron chi connectivity index (χ4n) is 4.98. The van der Waals surface area contributed by atoms with Gasteiger partial charge in [0.1, 0.15) is 5.60 Å². The van der Waals surface area contributed by atoms with Crippen LogP contribution >= 0.6 is 0 Å². The molecule has 1 aromatic heterocycles. The van der Waals surface area contributed by atoms with Crippen molar-refractivity contribution in [3.05, 3.63) is 72.4 Å². The van der Waals surface area contributed by atoms with Gasteiger partial charge in [-0.1, -0.05) is 55.0 Å². The SMILES string of the molecule is CC(C)(C)OC(=O)C1CCC[C@H](C(=O)Nc2cccc3cccnc23)[C@H](c2ccccc2)CC1. The maximum absolute atomic E-state index is 13.6. The van der Waals surface area contributed by atoms with E-state index in [1.165, 1.54) is 0 Å². The Bertz CT molecular complexity index is 1130. The van der Waals surface area contributed by atoms with Gasteiger partial charge in [0.15, 0.2) is 0 Å². The summed E-state index contributed by atoms with van der Waals surface area (Å²) in [5.41, 5.74) is 2.19. The van der Waals surface area contributed by atoms with Crippen molar-refractivity contribution in [1.82, 2.24) is 4.98 Å². The Morgan fingerprint density at radius 1 is 0.912 bits per heavy atom. The molecule has 2 aromatic carbocycles. The van der Waals surface area contributed by atoms with Gasteiger partial charge in [-0.15, -0.1) is 0 Å². The number of hydrogen-bond acceptors (Lipinski definition) is 4. The molecule has 3 aromatic rings. The Balaban J connectivity index is 1.56. The Morgan fingerprint density at radius 3 is 2.44 bits per heavy atom. The zero-order valence-electron chi connectivity index (χ0n) is 20.3. The van der Waals surface area contributed by atoms with Crippen LogP contribution in [-0.4, -0.2) is 22.5 Å². The van der Waals surface area contributed by atoms with E-state index >= 15 is 0 Å². The number of benzene rings is 2. The third-order valence-electron chi connectivity index (χ3n) is 6.57. The van der Waals surface area contributed by atoms with Crippen LogP contribution in [-0.2, 0) is 14.3 Å². The molecule has 0 radical (unpaired) electrons. The maximum Gasteiger partial charge on any atom is 0.309 e. The van der Waals surface area contributed by atoms with Crippen molar-refractivity contribution in [3.63, 3.8) is 0 Å². The standard InChI is InChI=1S/C29H34N2O3/c1-29(2,3)34-28(33)22-13-7-15-24(23(18-17-22)20-10-5-4-6-11-20)27(32)31-25-16-8-12-21-14-9-19-30-26(21)25/h4-6,8-12,14,16,19,22-24H,7,13,15,17-18H2,1-3H3,(H,31,32)/t22?,23-,24-/m0/s1. The van der Waals surface area contributed by atoms with E-state index in [1.54, 1.807) is 6.20 Å². The van der Waals surface area contributed by atoms with Gasteiger partial charge in [0.25, 0.3) is 0 Å². The van der Waals surface area contributed by atoms with E-state index in [4.69, 9.17) is 4.74 Å². The van der Waals surface area contributed by atoms with Crippen molar-refractivity contribution in [2.75, 3.05) is 5.32 Å². The zero-order valence-corrected chi connectivity index (χ0v) is 20.3. The van der Waals surface area contributed by atoms with Crippen LogP contribution in [0.25, 0.3) is 10.9 Å². The van der Waals surface area contributed by atoms with Gasteiger partial charge >= 0.3 is 5.97 Å². The van der Waals surface area contributed by atoms with Crippen LogP contribution in [0, 0.1) is 11.8 Å². The number of amides is 1. The van der Waals surface area contributed by atoms with Gasteiger partial charge in [-0.2, -0.15) is 0 Å². The van der Waals surface area contributed by atoms with Crippen molar-refractivity contribution in [2.24, 2.45) is 11.8 Å². The number of ether oxygens (including phenoxy) is 1. The lowest BCUT2D eigenvalue weighted by Crippen LogP contribution is -2.33. The summed E-state index contributed by atoms with van der Waals surface area (Å²) in [6.45, 7) is 5.72. The van der Waals surface area contributed by atoms with Crippen molar-refractivity contribution < 1.29 is 14.3 Å². The highest BCUT2D eigenvalue weighted by molar-refractivity contribution is 6.01. The molecule has 1 aliphatic rings. The number of carbonyl (C=O) groups excluding carboxylic acids is 2. The quantitative estimate of drug-likeness (QED) is 0.453. The summed E-state index contributed by atoms with van der Waals surface area (Å²) in [7, 11) is 0. The minimum atomic E-state index is -0.493. The van der Waals surface area contributed by atoms with E-state index in [0.29, 0.717) is 6.42 Å². The molecule has 0 aliphatic heterocycles. The number of esters is 1. The predicted octanol–water partition coefficient (Wildman–Crippen LogP) is 6.50. The molecule has 3 atom stereocenters. The van der Waals surface area contributed by atoms with E-state index in [1.807, 2.05) is 69.3 Å². The zero-order chi connectivity index (χ0) is 24.1. The lowest BCUT2D eigenvalue weighted by Gasteiger charge is -2.32. The van der Waals surface area contributed by atoms with Gasteiger partial charge in [0, 0.05) is 17.5 Å². The topological polar surface area (TPSA) is 68.3 Å². The van der Waals surface area contributed by atoms with Crippen molar-refractivity contribution in [1.29, 1.82) is 0 Å². The van der Waals surface area contributed by atoms with Crippen molar-refractivity contribution in [3.8, 4) is 0 Å². The second kappa shape index (κ2) is 10.4. The predicted molar refractivity (Wildman–Crippen MR) is 135 cm³/mol. The largest absolute Gasteiger partial charge is 0.460 e. The second-order valence-electron chi connectivity index (χ2n) is 10.2. The number of fused-ring (bicyclic) bond motifs is 1. The molecule has 1 N–H and O–H groups in total. The van der Waals surface area contributed by atoms with Crippen LogP contribution in [0.4, 0.5) is 5.69 Å². The molecule has 4 rings (SSSR count). The molecule has 1 aliphatic carbocycles. The van der Waals surface area contributed by atoms with E-state index < -0.39 is 5.60 Å². The average molecular weight is 459 g/mol. The first kappa shape index (κ1) is 23.9. The monoisotopic (exact) mass is 458 g/mol. The van der Waals surface area contributed by atoms with E-state index in [0.717, 1.165) is 47.8 Å². The first-order chi connectivity index (χ1) is 16.3. The Hall–Kier alpha value is -3.21. The van der Waals surface area contributed by atoms with Gasteiger partial charge in [-0.3, -0.25) is 14.6 Å². The first-order valence-corrected chi connectivity index (χ1v) is 12.2. The fourth-order valence-corrected chi connectivity index (χ4v) is 4.98. The van der Waals surface area contributed by atoms with Crippen LogP contribution in [0.2, 0.25) is 0 Å². The summed E-state index contributed by atoms with van der Waals surface area (Å²) in [6, 6.07) is 20.0. The van der Waals surface area contributed by atoms with Crippen LogP contribution in [0.1, 0.15) is 64.4 Å².